The summed E-state index contributed by atoms with van der Waals surface area (Å²) >= 11 is 16.0. The van der Waals surface area contributed by atoms with Crippen molar-refractivity contribution in [2.45, 2.75) is 38.1 Å². The lowest BCUT2D eigenvalue weighted by molar-refractivity contribution is 0.00754. The van der Waals surface area contributed by atoms with Crippen LogP contribution in [0.15, 0.2) is 16.6 Å². The third-order valence-corrected chi connectivity index (χ3v) is 7.36. The van der Waals surface area contributed by atoms with Crippen LogP contribution >= 0.6 is 39.1 Å². The Hall–Kier alpha value is 0.0800. The van der Waals surface area contributed by atoms with E-state index in [9.17, 15) is 0 Å². The number of nitrogens with one attached hydrogen (secondary N) is 1. The van der Waals surface area contributed by atoms with Gasteiger partial charge in [-0.2, -0.15) is 0 Å². The van der Waals surface area contributed by atoms with Gasteiger partial charge in [0.2, 0.25) is 0 Å². The molecule has 5 rings (SSSR count). The van der Waals surface area contributed by atoms with Crippen LogP contribution in [0.3, 0.4) is 0 Å². The molecule has 0 aromatic heterocycles. The predicted molar refractivity (Wildman–Crippen MR) is 88.6 cm³/mol. The highest BCUT2D eigenvalue weighted by atomic mass is 79.9. The normalized spacial score (nSPS) is 38.2. The van der Waals surface area contributed by atoms with Gasteiger partial charge in [-0.1, -0.05) is 23.2 Å². The summed E-state index contributed by atoms with van der Waals surface area (Å²) in [4.78, 5) is 0. The average molecular weight is 375 g/mol. The van der Waals surface area contributed by atoms with Crippen molar-refractivity contribution in [3.63, 3.8) is 0 Å². The quantitative estimate of drug-likeness (QED) is 0.626. The van der Waals surface area contributed by atoms with E-state index < -0.39 is 0 Å². The lowest BCUT2D eigenvalue weighted by Gasteiger charge is -2.54. The van der Waals surface area contributed by atoms with E-state index in [0.717, 1.165) is 33.8 Å². The highest BCUT2D eigenvalue weighted by Crippen LogP contribution is 2.54. The number of hydrogen-bond acceptors (Lipinski definition) is 1. The lowest BCUT2D eigenvalue weighted by Crippen LogP contribution is -2.51. The molecule has 108 valence electrons. The fourth-order valence-corrected chi connectivity index (χ4v) is 5.81. The van der Waals surface area contributed by atoms with E-state index in [-0.39, 0.29) is 0 Å². The third kappa shape index (κ3) is 2.19. The van der Waals surface area contributed by atoms with Gasteiger partial charge in [0.25, 0.3) is 0 Å². The topological polar surface area (TPSA) is 12.0 Å². The van der Waals surface area contributed by atoms with Crippen LogP contribution in [0.2, 0.25) is 10.0 Å². The molecule has 4 bridgehead atoms. The van der Waals surface area contributed by atoms with E-state index in [4.69, 9.17) is 23.2 Å². The van der Waals surface area contributed by atoms with E-state index in [2.05, 4.69) is 21.2 Å². The molecule has 0 heterocycles. The summed E-state index contributed by atoms with van der Waals surface area (Å²) in [7, 11) is 0. The molecule has 1 aromatic rings. The van der Waals surface area contributed by atoms with Crippen LogP contribution in [0.25, 0.3) is 0 Å². The van der Waals surface area contributed by atoms with Crippen molar-refractivity contribution in [1.29, 1.82) is 0 Å². The molecular formula is C16H18BrCl2N. The summed E-state index contributed by atoms with van der Waals surface area (Å²) in [6.07, 6.45) is 7.13. The number of benzene rings is 1. The van der Waals surface area contributed by atoms with Crippen molar-refractivity contribution in [3.8, 4) is 0 Å². The maximum absolute atomic E-state index is 6.39. The first kappa shape index (κ1) is 13.7. The summed E-state index contributed by atoms with van der Waals surface area (Å²) in [6, 6.07) is 4.62. The first-order valence-electron chi connectivity index (χ1n) is 7.52. The Morgan fingerprint density at radius 2 is 1.50 bits per heavy atom. The van der Waals surface area contributed by atoms with Crippen LogP contribution in [-0.4, -0.2) is 6.04 Å². The number of halogens is 3. The highest BCUT2D eigenvalue weighted by molar-refractivity contribution is 9.10. The molecule has 4 saturated carbocycles. The van der Waals surface area contributed by atoms with Gasteiger partial charge in [-0.3, -0.25) is 0 Å². The molecule has 4 heteroatoms. The van der Waals surface area contributed by atoms with E-state index in [1.165, 1.54) is 32.1 Å². The van der Waals surface area contributed by atoms with E-state index >= 15 is 0 Å². The second-order valence-electron chi connectivity index (χ2n) is 6.82. The maximum atomic E-state index is 6.39. The number of rotatable bonds is 2. The Kier molecular flexibility index (Phi) is 3.48. The fourth-order valence-electron chi connectivity index (χ4n) is 4.98. The summed E-state index contributed by atoms with van der Waals surface area (Å²) in [5, 5.41) is 4.98. The van der Waals surface area contributed by atoms with Crippen LogP contribution in [0.5, 0.6) is 0 Å². The van der Waals surface area contributed by atoms with Gasteiger partial charge >= 0.3 is 0 Å². The first-order valence-corrected chi connectivity index (χ1v) is 9.06. The Labute approximate surface area is 138 Å². The van der Waals surface area contributed by atoms with Crippen molar-refractivity contribution in [2.75, 3.05) is 5.32 Å². The summed E-state index contributed by atoms with van der Waals surface area (Å²) in [5.74, 6) is 3.67. The number of anilines is 1. The van der Waals surface area contributed by atoms with Gasteiger partial charge in [0.05, 0.1) is 15.7 Å². The molecule has 0 aliphatic heterocycles. The van der Waals surface area contributed by atoms with Crippen LogP contribution in [0.4, 0.5) is 5.69 Å². The third-order valence-electron chi connectivity index (χ3n) is 5.58. The Morgan fingerprint density at radius 3 is 2.10 bits per heavy atom. The van der Waals surface area contributed by atoms with E-state index in [1.54, 1.807) is 0 Å². The Bertz CT molecular complexity index is 518. The second kappa shape index (κ2) is 5.07. The van der Waals surface area contributed by atoms with E-state index in [1.807, 2.05) is 12.1 Å². The SMILES string of the molecule is Clc1c(Br)ccc(NC2C3CC4CC(C3)CC2C4)c1Cl. The largest absolute Gasteiger partial charge is 0.381 e. The Balaban J connectivity index is 1.59. The zero-order chi connectivity index (χ0) is 13.9. The molecule has 4 aliphatic rings. The standard InChI is InChI=1S/C16H18BrCl2N/c17-12-1-2-13(15(19)14(12)18)20-16-10-4-8-3-9(6-10)7-11(16)5-8/h1-2,8-11,16,20H,3-7H2. The Morgan fingerprint density at radius 1 is 0.900 bits per heavy atom. The summed E-state index contributed by atoms with van der Waals surface area (Å²) in [5.41, 5.74) is 0.998. The molecule has 4 fully saturated rings. The van der Waals surface area contributed by atoms with Crippen molar-refractivity contribution in [3.05, 3.63) is 26.7 Å². The molecule has 0 saturated heterocycles. The molecule has 1 aromatic carbocycles. The molecule has 0 atom stereocenters. The second-order valence-corrected chi connectivity index (χ2v) is 8.43. The van der Waals surface area contributed by atoms with Gasteiger partial charge < -0.3 is 5.32 Å². The van der Waals surface area contributed by atoms with Crippen molar-refractivity contribution < 1.29 is 0 Å². The fraction of sp³-hybridized carbons (Fsp3) is 0.625. The number of hydrogen-bond donors (Lipinski definition) is 1. The van der Waals surface area contributed by atoms with Crippen LogP contribution < -0.4 is 5.32 Å². The van der Waals surface area contributed by atoms with E-state index in [0.29, 0.717) is 16.1 Å². The predicted octanol–water partition coefficient (Wildman–Crippen LogP) is 5.99. The van der Waals surface area contributed by atoms with Crippen molar-refractivity contribution in [2.24, 2.45) is 23.7 Å². The minimum atomic E-state index is 0.595. The zero-order valence-electron chi connectivity index (χ0n) is 11.2. The molecule has 1 nitrogen and oxygen atoms in total. The van der Waals surface area contributed by atoms with Crippen molar-refractivity contribution in [1.82, 2.24) is 0 Å². The molecule has 0 amide bonds. The molecule has 4 aliphatic carbocycles. The van der Waals surface area contributed by atoms with Crippen molar-refractivity contribution >= 4 is 44.8 Å². The van der Waals surface area contributed by atoms with Crippen LogP contribution in [0.1, 0.15) is 32.1 Å². The van der Waals surface area contributed by atoms with Gasteiger partial charge in [0.1, 0.15) is 0 Å². The molecular weight excluding hydrogens is 357 g/mol. The smallest absolute Gasteiger partial charge is 0.0835 e. The minimum absolute atomic E-state index is 0.595. The van der Waals surface area contributed by atoms with Gasteiger partial charge in [0.15, 0.2) is 0 Å². The lowest BCUT2D eigenvalue weighted by atomic mass is 9.54. The highest BCUT2D eigenvalue weighted by Gasteiger charge is 2.48. The summed E-state index contributed by atoms with van der Waals surface area (Å²) < 4.78 is 0.861. The van der Waals surface area contributed by atoms with Crippen LogP contribution in [0, 0.1) is 23.7 Å². The van der Waals surface area contributed by atoms with Gasteiger partial charge in [0, 0.05) is 10.5 Å². The zero-order valence-corrected chi connectivity index (χ0v) is 14.3. The molecule has 0 spiro atoms. The molecule has 1 N–H and O–H groups in total. The molecule has 0 radical (unpaired) electrons. The van der Waals surface area contributed by atoms with Gasteiger partial charge in [-0.25, -0.2) is 0 Å². The summed E-state index contributed by atoms with van der Waals surface area (Å²) in [6.45, 7) is 0. The van der Waals surface area contributed by atoms with Gasteiger partial charge in [-0.05, 0) is 83.8 Å². The maximum Gasteiger partial charge on any atom is 0.0835 e. The molecule has 0 unspecified atom stereocenters. The minimum Gasteiger partial charge on any atom is -0.381 e. The van der Waals surface area contributed by atoms with Gasteiger partial charge in [-0.15, -0.1) is 0 Å². The average Bonchev–Trinajstić information content (AvgIpc) is 2.42. The van der Waals surface area contributed by atoms with Crippen LogP contribution in [-0.2, 0) is 0 Å². The first-order chi connectivity index (χ1) is 9.61. The monoisotopic (exact) mass is 373 g/mol. The molecule has 20 heavy (non-hydrogen) atoms.